The fraction of sp³-hybridized carbons (Fsp3) is 0.400. The number of anilines is 1. The highest BCUT2D eigenvalue weighted by atomic mass is 16.6. The number of aromatic nitrogens is 2. The molecule has 0 bridgehead atoms. The van der Waals surface area contributed by atoms with Gasteiger partial charge in [0.05, 0.1) is 17.4 Å². The van der Waals surface area contributed by atoms with Gasteiger partial charge in [0.25, 0.3) is 5.56 Å². The van der Waals surface area contributed by atoms with Gasteiger partial charge in [-0.25, -0.2) is 4.98 Å². The van der Waals surface area contributed by atoms with Crippen molar-refractivity contribution >= 4 is 22.5 Å². The minimum absolute atomic E-state index is 0.0272. The third-order valence-corrected chi connectivity index (χ3v) is 6.39. The molecule has 2 aromatic carbocycles. The maximum Gasteiger partial charge on any atom is 0.261 e. The van der Waals surface area contributed by atoms with Crippen LogP contribution in [0.5, 0.6) is 11.5 Å². The van der Waals surface area contributed by atoms with Gasteiger partial charge in [-0.05, 0) is 63.0 Å². The summed E-state index contributed by atoms with van der Waals surface area (Å²) in [6.45, 7) is 5.62. The molecule has 1 aromatic heterocycles. The van der Waals surface area contributed by atoms with E-state index in [0.717, 1.165) is 37.3 Å². The zero-order chi connectivity index (χ0) is 22.8. The molecule has 5 rings (SSSR count). The van der Waals surface area contributed by atoms with E-state index < -0.39 is 0 Å². The van der Waals surface area contributed by atoms with Crippen LogP contribution in [0.15, 0.2) is 47.3 Å². The smallest absolute Gasteiger partial charge is 0.261 e. The van der Waals surface area contributed by atoms with E-state index in [-0.39, 0.29) is 11.5 Å². The van der Waals surface area contributed by atoms with Gasteiger partial charge in [-0.2, -0.15) is 0 Å². The van der Waals surface area contributed by atoms with Gasteiger partial charge in [-0.1, -0.05) is 12.1 Å². The molecule has 0 atom stereocenters. The van der Waals surface area contributed by atoms with Crippen LogP contribution in [0.25, 0.3) is 10.9 Å². The number of nitrogens with one attached hydrogen (secondary N) is 1. The van der Waals surface area contributed by atoms with Crippen molar-refractivity contribution in [3.05, 3.63) is 58.6 Å². The molecule has 3 aromatic rings. The minimum Gasteiger partial charge on any atom is -0.486 e. The van der Waals surface area contributed by atoms with Crippen LogP contribution in [0, 0.1) is 12.8 Å². The number of hydrogen-bond acceptors (Lipinski definition) is 6. The summed E-state index contributed by atoms with van der Waals surface area (Å²) in [4.78, 5) is 32.3. The number of rotatable bonds is 5. The van der Waals surface area contributed by atoms with Crippen molar-refractivity contribution in [1.82, 2.24) is 14.5 Å². The SMILES string of the molecule is Cc1nc2ccccc2c(=O)n1CC1CCN(CC(=O)Nc2ccc3c(c2)OCCO3)CC1. The van der Waals surface area contributed by atoms with E-state index in [1.165, 1.54) is 0 Å². The number of piperidine rings is 1. The molecule has 2 aliphatic heterocycles. The van der Waals surface area contributed by atoms with E-state index in [9.17, 15) is 9.59 Å². The predicted octanol–water partition coefficient (Wildman–Crippen LogP) is 2.83. The largest absolute Gasteiger partial charge is 0.486 e. The summed E-state index contributed by atoms with van der Waals surface area (Å²) in [5.74, 6) is 2.46. The van der Waals surface area contributed by atoms with E-state index in [2.05, 4.69) is 15.2 Å². The zero-order valence-corrected chi connectivity index (χ0v) is 18.8. The van der Waals surface area contributed by atoms with Gasteiger partial charge < -0.3 is 14.8 Å². The van der Waals surface area contributed by atoms with Gasteiger partial charge in [-0.15, -0.1) is 0 Å². The Morgan fingerprint density at radius 2 is 1.85 bits per heavy atom. The molecule has 0 saturated carbocycles. The summed E-state index contributed by atoms with van der Waals surface area (Å²) in [7, 11) is 0. The number of aryl methyl sites for hydroxylation is 1. The molecule has 8 nitrogen and oxygen atoms in total. The number of carbonyl (C=O) groups excluding carboxylic acids is 1. The normalized spacial score (nSPS) is 16.6. The molecule has 1 fully saturated rings. The summed E-state index contributed by atoms with van der Waals surface area (Å²) in [5.41, 5.74) is 1.48. The van der Waals surface area contributed by atoms with Crippen LogP contribution < -0.4 is 20.3 Å². The topological polar surface area (TPSA) is 85.7 Å². The first-order valence-corrected chi connectivity index (χ1v) is 11.4. The summed E-state index contributed by atoms with van der Waals surface area (Å²) < 4.78 is 12.9. The van der Waals surface area contributed by atoms with Crippen molar-refractivity contribution in [2.45, 2.75) is 26.3 Å². The van der Waals surface area contributed by atoms with Crippen LogP contribution in [-0.4, -0.2) is 53.2 Å². The van der Waals surface area contributed by atoms with Crippen LogP contribution >= 0.6 is 0 Å². The Labute approximate surface area is 192 Å². The second-order valence-corrected chi connectivity index (χ2v) is 8.72. The Bertz CT molecular complexity index is 1230. The Kier molecular flexibility index (Phi) is 6.00. The first-order chi connectivity index (χ1) is 16.1. The lowest BCUT2D eigenvalue weighted by Crippen LogP contribution is -2.40. The van der Waals surface area contributed by atoms with Gasteiger partial charge >= 0.3 is 0 Å². The van der Waals surface area contributed by atoms with Gasteiger partial charge in [0, 0.05) is 18.3 Å². The fourth-order valence-corrected chi connectivity index (χ4v) is 4.60. The summed E-state index contributed by atoms with van der Waals surface area (Å²) in [6.07, 6.45) is 1.88. The van der Waals surface area contributed by atoms with E-state index in [1.54, 1.807) is 10.6 Å². The Morgan fingerprint density at radius 3 is 2.67 bits per heavy atom. The number of ether oxygens (including phenoxy) is 2. The molecule has 172 valence electrons. The highest BCUT2D eigenvalue weighted by Crippen LogP contribution is 2.32. The molecule has 1 saturated heterocycles. The molecule has 3 heterocycles. The molecular weight excluding hydrogens is 420 g/mol. The van der Waals surface area contributed by atoms with Gasteiger partial charge in [0.2, 0.25) is 5.91 Å². The second kappa shape index (κ2) is 9.23. The monoisotopic (exact) mass is 448 g/mol. The standard InChI is InChI=1S/C25H28N4O4/c1-17-26-21-5-3-2-4-20(21)25(31)29(17)15-18-8-10-28(11-9-18)16-24(30)27-19-6-7-22-23(14-19)33-13-12-32-22/h2-7,14,18H,8-13,15-16H2,1H3,(H,27,30). The first kappa shape index (κ1) is 21.5. The van der Waals surface area contributed by atoms with Crippen LogP contribution in [0.4, 0.5) is 5.69 Å². The third-order valence-electron chi connectivity index (χ3n) is 6.39. The molecular formula is C25H28N4O4. The molecule has 1 N–H and O–H groups in total. The minimum atomic E-state index is -0.0454. The number of likely N-dealkylation sites (tertiary alicyclic amines) is 1. The molecule has 33 heavy (non-hydrogen) atoms. The molecule has 0 spiro atoms. The summed E-state index contributed by atoms with van der Waals surface area (Å²) >= 11 is 0. The number of para-hydroxylation sites is 1. The lowest BCUT2D eigenvalue weighted by atomic mass is 9.96. The molecule has 0 radical (unpaired) electrons. The zero-order valence-electron chi connectivity index (χ0n) is 18.8. The van der Waals surface area contributed by atoms with E-state index in [0.29, 0.717) is 54.8 Å². The van der Waals surface area contributed by atoms with E-state index >= 15 is 0 Å². The van der Waals surface area contributed by atoms with Crippen LogP contribution in [0.3, 0.4) is 0 Å². The first-order valence-electron chi connectivity index (χ1n) is 11.4. The highest BCUT2D eigenvalue weighted by molar-refractivity contribution is 5.92. The summed E-state index contributed by atoms with van der Waals surface area (Å²) in [6, 6.07) is 12.9. The highest BCUT2D eigenvalue weighted by Gasteiger charge is 2.23. The van der Waals surface area contributed by atoms with Crippen molar-refractivity contribution in [3.8, 4) is 11.5 Å². The number of benzene rings is 2. The molecule has 1 amide bonds. The number of carbonyl (C=O) groups is 1. The van der Waals surface area contributed by atoms with Gasteiger partial charge in [-0.3, -0.25) is 19.1 Å². The van der Waals surface area contributed by atoms with E-state index in [4.69, 9.17) is 9.47 Å². The Balaban J connectivity index is 1.15. The van der Waals surface area contributed by atoms with Crippen molar-refractivity contribution in [2.24, 2.45) is 5.92 Å². The van der Waals surface area contributed by atoms with Crippen LogP contribution in [0.1, 0.15) is 18.7 Å². The maximum absolute atomic E-state index is 12.9. The second-order valence-electron chi connectivity index (χ2n) is 8.72. The molecule has 0 unspecified atom stereocenters. The number of nitrogens with zero attached hydrogens (tertiary/aromatic N) is 3. The van der Waals surface area contributed by atoms with Crippen LogP contribution in [0.2, 0.25) is 0 Å². The predicted molar refractivity (Wildman–Crippen MR) is 126 cm³/mol. The van der Waals surface area contributed by atoms with Gasteiger partial charge in [0.15, 0.2) is 11.5 Å². The fourth-order valence-electron chi connectivity index (χ4n) is 4.60. The lowest BCUT2D eigenvalue weighted by Gasteiger charge is -2.32. The summed E-state index contributed by atoms with van der Waals surface area (Å²) in [5, 5.41) is 3.62. The Hall–Kier alpha value is -3.39. The Morgan fingerprint density at radius 1 is 1.09 bits per heavy atom. The van der Waals surface area contributed by atoms with Crippen molar-refractivity contribution in [2.75, 3.05) is 38.2 Å². The number of fused-ring (bicyclic) bond motifs is 2. The van der Waals surface area contributed by atoms with Crippen molar-refractivity contribution in [3.63, 3.8) is 0 Å². The average molecular weight is 449 g/mol. The maximum atomic E-state index is 12.9. The number of amides is 1. The molecule has 0 aliphatic carbocycles. The average Bonchev–Trinajstić information content (AvgIpc) is 2.83. The van der Waals surface area contributed by atoms with Gasteiger partial charge in [0.1, 0.15) is 19.0 Å². The molecule has 2 aliphatic rings. The molecule has 8 heteroatoms. The van der Waals surface area contributed by atoms with Crippen molar-refractivity contribution < 1.29 is 14.3 Å². The third kappa shape index (κ3) is 4.71. The number of hydrogen-bond donors (Lipinski definition) is 1. The van der Waals surface area contributed by atoms with Crippen LogP contribution in [-0.2, 0) is 11.3 Å². The quantitative estimate of drug-likeness (QED) is 0.646. The van der Waals surface area contributed by atoms with E-state index in [1.807, 2.05) is 43.3 Å². The lowest BCUT2D eigenvalue weighted by molar-refractivity contribution is -0.117. The van der Waals surface area contributed by atoms with Crippen molar-refractivity contribution in [1.29, 1.82) is 0 Å².